The van der Waals surface area contributed by atoms with Gasteiger partial charge in [0.15, 0.2) is 11.5 Å². The Balaban J connectivity index is 1.30. The first kappa shape index (κ1) is 23.9. The van der Waals surface area contributed by atoms with Crippen molar-refractivity contribution in [3.63, 3.8) is 0 Å². The van der Waals surface area contributed by atoms with E-state index in [1.54, 1.807) is 31.4 Å². The highest BCUT2D eigenvalue weighted by Crippen LogP contribution is 2.28. The van der Waals surface area contributed by atoms with Crippen LogP contribution in [-0.2, 0) is 4.79 Å². The number of carbonyl (C=O) groups excluding carboxylic acids is 2. The fraction of sp³-hybridized carbons (Fsp3) is 0.214. The normalized spacial score (nSPS) is 13.5. The smallest absolute Gasteiger partial charge is 0.255 e. The van der Waals surface area contributed by atoms with Crippen molar-refractivity contribution in [2.24, 2.45) is 0 Å². The van der Waals surface area contributed by atoms with Crippen LogP contribution in [0.15, 0.2) is 78.9 Å². The third-order valence-corrected chi connectivity index (χ3v) is 5.95. The van der Waals surface area contributed by atoms with Crippen LogP contribution in [0.3, 0.4) is 0 Å². The van der Waals surface area contributed by atoms with E-state index in [-0.39, 0.29) is 11.8 Å². The van der Waals surface area contributed by atoms with E-state index < -0.39 is 0 Å². The van der Waals surface area contributed by atoms with Crippen LogP contribution in [-0.4, -0.2) is 57.1 Å². The number of ether oxygens (including phenoxy) is 2. The number of anilines is 2. The van der Waals surface area contributed by atoms with Gasteiger partial charge in [-0.25, -0.2) is 0 Å². The van der Waals surface area contributed by atoms with Crippen LogP contribution in [0.2, 0.25) is 0 Å². The van der Waals surface area contributed by atoms with Crippen LogP contribution in [0.5, 0.6) is 11.5 Å². The van der Waals surface area contributed by atoms with Crippen LogP contribution in [0.1, 0.15) is 15.9 Å². The highest BCUT2D eigenvalue weighted by atomic mass is 16.5. The minimum absolute atomic E-state index is 0.0294. The number of hydrogen-bond donors (Lipinski definition) is 1. The van der Waals surface area contributed by atoms with Crippen LogP contribution in [0.4, 0.5) is 11.4 Å². The fourth-order valence-corrected chi connectivity index (χ4v) is 3.96. The molecular weight excluding hydrogens is 442 g/mol. The molecule has 7 heteroatoms. The molecule has 1 fully saturated rings. The predicted molar refractivity (Wildman–Crippen MR) is 138 cm³/mol. The molecule has 1 aliphatic heterocycles. The molecule has 1 heterocycles. The second-order valence-electron chi connectivity index (χ2n) is 8.13. The molecule has 1 N–H and O–H groups in total. The molecule has 35 heavy (non-hydrogen) atoms. The van der Waals surface area contributed by atoms with Crippen molar-refractivity contribution in [2.75, 3.05) is 50.6 Å². The molecule has 0 saturated carbocycles. The van der Waals surface area contributed by atoms with Gasteiger partial charge >= 0.3 is 0 Å². The Kier molecular flexibility index (Phi) is 7.67. The first-order valence-corrected chi connectivity index (χ1v) is 11.5. The lowest BCUT2D eigenvalue weighted by molar-refractivity contribution is -0.126. The van der Waals surface area contributed by atoms with E-state index in [1.807, 2.05) is 65.6 Å². The Labute approximate surface area is 205 Å². The molecular formula is C28H29N3O4. The van der Waals surface area contributed by atoms with E-state index in [1.165, 1.54) is 7.11 Å². The molecule has 1 saturated heterocycles. The third kappa shape index (κ3) is 6.00. The number of piperazine rings is 1. The minimum atomic E-state index is -0.227. The summed E-state index contributed by atoms with van der Waals surface area (Å²) in [5.41, 5.74) is 3.25. The zero-order valence-electron chi connectivity index (χ0n) is 19.9. The quantitative estimate of drug-likeness (QED) is 0.520. The Hall–Kier alpha value is -4.26. The zero-order chi connectivity index (χ0) is 24.6. The summed E-state index contributed by atoms with van der Waals surface area (Å²) in [6, 6.07) is 22.6. The van der Waals surface area contributed by atoms with Crippen molar-refractivity contribution in [2.45, 2.75) is 0 Å². The van der Waals surface area contributed by atoms with E-state index in [9.17, 15) is 9.59 Å². The lowest BCUT2D eigenvalue weighted by Gasteiger charge is -2.35. The average molecular weight is 472 g/mol. The molecule has 0 atom stereocenters. The summed E-state index contributed by atoms with van der Waals surface area (Å²) < 4.78 is 10.5. The minimum Gasteiger partial charge on any atom is -0.493 e. The monoisotopic (exact) mass is 471 g/mol. The van der Waals surface area contributed by atoms with E-state index in [0.717, 1.165) is 24.3 Å². The Morgan fingerprint density at radius 2 is 1.51 bits per heavy atom. The highest BCUT2D eigenvalue weighted by molar-refractivity contribution is 6.04. The maximum atomic E-state index is 12.7. The molecule has 3 aromatic rings. The standard InChI is InChI=1S/C28H29N3O4/c1-34-25-14-9-22(20-26(25)35-2)28(33)29-23-10-12-24(13-11-23)30-16-18-31(19-17-30)27(32)15-8-21-6-4-3-5-7-21/h3-15,20H,16-19H2,1-2H3,(H,29,33). The zero-order valence-corrected chi connectivity index (χ0v) is 19.9. The summed E-state index contributed by atoms with van der Waals surface area (Å²) in [5.74, 6) is 0.877. The van der Waals surface area contributed by atoms with Gasteiger partial charge in [-0.1, -0.05) is 30.3 Å². The molecule has 7 nitrogen and oxygen atoms in total. The van der Waals surface area contributed by atoms with E-state index >= 15 is 0 Å². The first-order valence-electron chi connectivity index (χ1n) is 11.5. The maximum absolute atomic E-state index is 12.7. The SMILES string of the molecule is COc1ccc(C(=O)Nc2ccc(N3CCN(C(=O)C=Cc4ccccc4)CC3)cc2)cc1OC. The topological polar surface area (TPSA) is 71.1 Å². The predicted octanol–water partition coefficient (Wildman–Crippen LogP) is 4.32. The molecule has 0 radical (unpaired) electrons. The van der Waals surface area contributed by atoms with E-state index in [0.29, 0.717) is 35.8 Å². The van der Waals surface area contributed by atoms with Crippen LogP contribution in [0, 0.1) is 0 Å². The van der Waals surface area contributed by atoms with Gasteiger partial charge in [0.2, 0.25) is 5.91 Å². The molecule has 2 amide bonds. The van der Waals surface area contributed by atoms with Gasteiger partial charge in [0.05, 0.1) is 14.2 Å². The second-order valence-corrected chi connectivity index (χ2v) is 8.13. The molecule has 0 aromatic heterocycles. The van der Waals surface area contributed by atoms with Crippen molar-refractivity contribution in [3.8, 4) is 11.5 Å². The lowest BCUT2D eigenvalue weighted by Crippen LogP contribution is -2.48. The highest BCUT2D eigenvalue weighted by Gasteiger charge is 2.20. The molecule has 1 aliphatic rings. The Morgan fingerprint density at radius 3 is 2.17 bits per heavy atom. The molecule has 0 aliphatic carbocycles. The largest absolute Gasteiger partial charge is 0.493 e. The third-order valence-electron chi connectivity index (χ3n) is 5.95. The number of rotatable bonds is 7. The Morgan fingerprint density at radius 1 is 0.829 bits per heavy atom. The number of carbonyl (C=O) groups is 2. The van der Waals surface area contributed by atoms with Crippen molar-refractivity contribution in [1.82, 2.24) is 4.90 Å². The Bertz CT molecular complexity index is 1180. The molecule has 3 aromatic carbocycles. The number of benzene rings is 3. The van der Waals surface area contributed by atoms with Crippen molar-refractivity contribution < 1.29 is 19.1 Å². The molecule has 0 unspecified atom stereocenters. The first-order chi connectivity index (χ1) is 17.1. The summed E-state index contributed by atoms with van der Waals surface area (Å²) in [5, 5.41) is 2.91. The lowest BCUT2D eigenvalue weighted by atomic mass is 10.1. The summed E-state index contributed by atoms with van der Waals surface area (Å²) in [6.45, 7) is 2.83. The van der Waals surface area contributed by atoms with E-state index in [4.69, 9.17) is 9.47 Å². The summed E-state index contributed by atoms with van der Waals surface area (Å²) in [6.07, 6.45) is 3.49. The summed E-state index contributed by atoms with van der Waals surface area (Å²) >= 11 is 0. The van der Waals surface area contributed by atoms with Gasteiger partial charge < -0.3 is 24.6 Å². The molecule has 4 rings (SSSR count). The molecule has 0 spiro atoms. The van der Waals surface area contributed by atoms with Gasteiger partial charge in [-0.2, -0.15) is 0 Å². The van der Waals surface area contributed by atoms with Gasteiger partial charge in [-0.3, -0.25) is 9.59 Å². The summed E-state index contributed by atoms with van der Waals surface area (Å²) in [7, 11) is 3.09. The van der Waals surface area contributed by atoms with Crippen LogP contribution >= 0.6 is 0 Å². The van der Waals surface area contributed by atoms with Gasteiger partial charge in [-0.15, -0.1) is 0 Å². The van der Waals surface area contributed by atoms with Gasteiger partial charge in [0, 0.05) is 49.2 Å². The van der Waals surface area contributed by atoms with Crippen molar-refractivity contribution in [1.29, 1.82) is 0 Å². The number of nitrogens with zero attached hydrogens (tertiary/aromatic N) is 2. The van der Waals surface area contributed by atoms with Crippen LogP contribution < -0.4 is 19.7 Å². The van der Waals surface area contributed by atoms with Gasteiger partial charge in [0.25, 0.3) is 5.91 Å². The second kappa shape index (κ2) is 11.2. The van der Waals surface area contributed by atoms with Crippen LogP contribution in [0.25, 0.3) is 6.08 Å². The van der Waals surface area contributed by atoms with E-state index in [2.05, 4.69) is 10.2 Å². The van der Waals surface area contributed by atoms with Crippen molar-refractivity contribution >= 4 is 29.3 Å². The molecule has 180 valence electrons. The maximum Gasteiger partial charge on any atom is 0.255 e. The molecule has 0 bridgehead atoms. The summed E-state index contributed by atoms with van der Waals surface area (Å²) in [4.78, 5) is 29.3. The average Bonchev–Trinajstić information content (AvgIpc) is 2.92. The van der Waals surface area contributed by atoms with Crippen molar-refractivity contribution in [3.05, 3.63) is 90.0 Å². The van der Waals surface area contributed by atoms with Gasteiger partial charge in [-0.05, 0) is 54.1 Å². The number of hydrogen-bond acceptors (Lipinski definition) is 5. The number of methoxy groups -OCH3 is 2. The fourth-order valence-electron chi connectivity index (χ4n) is 3.96. The van der Waals surface area contributed by atoms with Gasteiger partial charge in [0.1, 0.15) is 0 Å². The number of nitrogens with one attached hydrogen (secondary N) is 1. The number of amides is 2.